The Balaban J connectivity index is 1.65. The third-order valence-electron chi connectivity index (χ3n) is 6.41. The molecule has 11 heteroatoms. The molecule has 0 bridgehead atoms. The first-order valence-electron chi connectivity index (χ1n) is 11.0. The van der Waals surface area contributed by atoms with E-state index < -0.39 is 37.6 Å². The third kappa shape index (κ3) is 4.07. The van der Waals surface area contributed by atoms with Crippen LogP contribution in [0.2, 0.25) is 5.02 Å². The molecule has 1 saturated carbocycles. The van der Waals surface area contributed by atoms with Crippen molar-refractivity contribution in [3.8, 4) is 16.9 Å². The van der Waals surface area contributed by atoms with Gasteiger partial charge in [0.1, 0.15) is 15.6 Å². The van der Waals surface area contributed by atoms with Crippen molar-refractivity contribution in [3.05, 3.63) is 91.4 Å². The Hall–Kier alpha value is -2.95. The van der Waals surface area contributed by atoms with Gasteiger partial charge in [0.25, 0.3) is 5.56 Å². The molecule has 0 amide bonds. The lowest BCUT2D eigenvalue weighted by Crippen LogP contribution is -2.24. The SMILES string of the molecule is Cc1cnc(-c2cccc(S(C)(=O)=O)c2F)c(F)c1-n1c(C)cc([C@H]2C[C@@H]2c2ccsn2)c(Cl)c1=O. The highest BCUT2D eigenvalue weighted by atomic mass is 35.5. The van der Waals surface area contributed by atoms with E-state index in [0.717, 1.165) is 29.0 Å². The number of aromatic nitrogens is 3. The molecule has 1 aliphatic carbocycles. The molecule has 1 aliphatic rings. The topological polar surface area (TPSA) is 81.9 Å². The molecule has 5 rings (SSSR count). The van der Waals surface area contributed by atoms with Gasteiger partial charge in [0.05, 0.1) is 11.4 Å². The molecule has 1 fully saturated rings. The Bertz CT molecular complexity index is 1690. The third-order valence-corrected chi connectivity index (χ3v) is 8.48. The Labute approximate surface area is 215 Å². The highest BCUT2D eigenvalue weighted by Crippen LogP contribution is 2.55. The lowest BCUT2D eigenvalue weighted by atomic mass is 10.1. The molecule has 0 aliphatic heterocycles. The zero-order chi connectivity index (χ0) is 25.9. The molecule has 3 heterocycles. The van der Waals surface area contributed by atoms with E-state index in [1.165, 1.54) is 29.9 Å². The van der Waals surface area contributed by atoms with Gasteiger partial charge in [-0.25, -0.2) is 17.2 Å². The zero-order valence-corrected chi connectivity index (χ0v) is 21.8. The summed E-state index contributed by atoms with van der Waals surface area (Å²) >= 11 is 7.89. The maximum atomic E-state index is 15.9. The summed E-state index contributed by atoms with van der Waals surface area (Å²) in [5.74, 6) is -1.84. The van der Waals surface area contributed by atoms with Crippen LogP contribution in [0.4, 0.5) is 8.78 Å². The Morgan fingerprint density at radius 1 is 1.14 bits per heavy atom. The van der Waals surface area contributed by atoms with Crippen molar-refractivity contribution in [1.29, 1.82) is 0 Å². The summed E-state index contributed by atoms with van der Waals surface area (Å²) in [6.07, 6.45) is 2.99. The predicted octanol–water partition coefficient (Wildman–Crippen LogP) is 5.58. The molecular weight excluding hydrogens is 528 g/mol. The Morgan fingerprint density at radius 2 is 1.89 bits per heavy atom. The van der Waals surface area contributed by atoms with Crippen LogP contribution < -0.4 is 5.56 Å². The van der Waals surface area contributed by atoms with Crippen LogP contribution in [-0.2, 0) is 9.84 Å². The van der Waals surface area contributed by atoms with Crippen molar-refractivity contribution in [2.45, 2.75) is 37.0 Å². The van der Waals surface area contributed by atoms with Crippen molar-refractivity contribution in [1.82, 2.24) is 13.9 Å². The molecule has 0 unspecified atom stereocenters. The Morgan fingerprint density at radius 3 is 2.56 bits per heavy atom. The lowest BCUT2D eigenvalue weighted by Gasteiger charge is -2.18. The van der Waals surface area contributed by atoms with Crippen molar-refractivity contribution < 1.29 is 17.2 Å². The number of hydrogen-bond acceptors (Lipinski definition) is 6. The summed E-state index contributed by atoms with van der Waals surface area (Å²) in [5.41, 5.74) is 0.983. The number of pyridine rings is 2. The smallest absolute Gasteiger partial charge is 0.274 e. The van der Waals surface area contributed by atoms with Gasteiger partial charge in [-0.3, -0.25) is 14.3 Å². The standard InChI is InChI=1S/C25H20ClF2N3O3S2/c1-12-11-29-23(14-5-4-6-19(21(14)27)36(3,33)34)22(28)24(12)31-13(2)9-17(20(26)25(31)32)15-10-16(15)18-7-8-35-30-18/h4-9,11,15-16H,10H2,1-3H3/t15-,16-/m0/s1. The highest BCUT2D eigenvalue weighted by Gasteiger charge is 2.43. The molecule has 0 saturated heterocycles. The lowest BCUT2D eigenvalue weighted by molar-refractivity contribution is 0.569. The fraction of sp³-hybridized carbons (Fsp3) is 0.240. The maximum Gasteiger partial charge on any atom is 0.274 e. The molecule has 3 aromatic heterocycles. The van der Waals surface area contributed by atoms with E-state index in [-0.39, 0.29) is 28.1 Å². The van der Waals surface area contributed by atoms with Crippen LogP contribution >= 0.6 is 23.1 Å². The van der Waals surface area contributed by atoms with Crippen molar-refractivity contribution in [2.75, 3.05) is 6.26 Å². The second kappa shape index (κ2) is 8.86. The highest BCUT2D eigenvalue weighted by molar-refractivity contribution is 7.90. The van der Waals surface area contributed by atoms with Crippen LogP contribution in [0, 0.1) is 25.5 Å². The molecule has 6 nitrogen and oxygen atoms in total. The minimum Gasteiger partial charge on any atom is -0.277 e. The second-order valence-corrected chi connectivity index (χ2v) is 11.9. The minimum absolute atomic E-state index is 0.00857. The van der Waals surface area contributed by atoms with Crippen LogP contribution in [0.5, 0.6) is 0 Å². The Kier molecular flexibility index (Phi) is 6.09. The van der Waals surface area contributed by atoms with Crippen molar-refractivity contribution in [2.24, 2.45) is 0 Å². The van der Waals surface area contributed by atoms with Gasteiger partial charge in [0, 0.05) is 35.0 Å². The number of sulfone groups is 1. The number of halogens is 3. The molecule has 0 spiro atoms. The van der Waals surface area contributed by atoms with Crippen molar-refractivity contribution in [3.63, 3.8) is 0 Å². The number of aryl methyl sites for hydroxylation is 2. The van der Waals surface area contributed by atoms with Gasteiger partial charge >= 0.3 is 0 Å². The first-order chi connectivity index (χ1) is 17.0. The summed E-state index contributed by atoms with van der Waals surface area (Å²) in [4.78, 5) is 16.9. The van der Waals surface area contributed by atoms with Gasteiger partial charge in [-0.15, -0.1) is 0 Å². The molecule has 0 radical (unpaired) electrons. The van der Waals surface area contributed by atoms with E-state index in [2.05, 4.69) is 9.36 Å². The van der Waals surface area contributed by atoms with E-state index in [1.807, 2.05) is 11.4 Å². The molecule has 0 N–H and O–H groups in total. The normalized spacial score (nSPS) is 17.4. The summed E-state index contributed by atoms with van der Waals surface area (Å²) < 4.78 is 60.5. The first-order valence-corrected chi connectivity index (χ1v) is 14.1. The van der Waals surface area contributed by atoms with Gasteiger partial charge in [-0.05, 0) is 73.1 Å². The van der Waals surface area contributed by atoms with E-state index >= 15 is 8.78 Å². The number of benzene rings is 1. The summed E-state index contributed by atoms with van der Waals surface area (Å²) in [6, 6.07) is 7.38. The van der Waals surface area contributed by atoms with Crippen LogP contribution in [0.1, 0.15) is 40.8 Å². The quantitative estimate of drug-likeness (QED) is 0.326. The van der Waals surface area contributed by atoms with Crippen molar-refractivity contribution >= 4 is 33.0 Å². The average Bonchev–Trinajstić information content (AvgIpc) is 3.41. The van der Waals surface area contributed by atoms with E-state index in [4.69, 9.17) is 11.6 Å². The number of nitrogens with zero attached hydrogens (tertiary/aromatic N) is 3. The number of hydrogen-bond donors (Lipinski definition) is 0. The monoisotopic (exact) mass is 547 g/mol. The van der Waals surface area contributed by atoms with E-state index in [9.17, 15) is 13.2 Å². The first kappa shape index (κ1) is 24.7. The van der Waals surface area contributed by atoms with Crippen LogP contribution in [-0.4, -0.2) is 28.6 Å². The molecule has 4 aromatic rings. The van der Waals surface area contributed by atoms with Gasteiger partial charge in [-0.1, -0.05) is 17.7 Å². The average molecular weight is 548 g/mol. The van der Waals surface area contributed by atoms with E-state index in [0.29, 0.717) is 16.8 Å². The summed E-state index contributed by atoms with van der Waals surface area (Å²) in [5, 5.41) is 1.89. The summed E-state index contributed by atoms with van der Waals surface area (Å²) in [6.45, 7) is 3.25. The second-order valence-electron chi connectivity index (χ2n) is 8.91. The summed E-state index contributed by atoms with van der Waals surface area (Å²) in [7, 11) is -3.90. The molecular formula is C25H20ClF2N3O3S2. The predicted molar refractivity (Wildman–Crippen MR) is 135 cm³/mol. The number of rotatable bonds is 5. The van der Waals surface area contributed by atoms with Crippen LogP contribution in [0.3, 0.4) is 0 Å². The van der Waals surface area contributed by atoms with E-state index in [1.54, 1.807) is 19.9 Å². The van der Waals surface area contributed by atoms with Gasteiger partial charge < -0.3 is 0 Å². The maximum absolute atomic E-state index is 15.9. The van der Waals surface area contributed by atoms with Gasteiger partial charge in [-0.2, -0.15) is 4.37 Å². The zero-order valence-electron chi connectivity index (χ0n) is 19.4. The molecule has 186 valence electrons. The van der Waals surface area contributed by atoms with Gasteiger partial charge in [0.2, 0.25) is 0 Å². The molecule has 2 atom stereocenters. The largest absolute Gasteiger partial charge is 0.277 e. The molecule has 1 aromatic carbocycles. The minimum atomic E-state index is -3.90. The molecule has 36 heavy (non-hydrogen) atoms. The van der Waals surface area contributed by atoms with Crippen LogP contribution in [0.15, 0.2) is 51.6 Å². The fourth-order valence-corrected chi connectivity index (χ4v) is 6.19. The van der Waals surface area contributed by atoms with Crippen LogP contribution in [0.25, 0.3) is 16.9 Å². The van der Waals surface area contributed by atoms with Gasteiger partial charge in [0.15, 0.2) is 21.5 Å². The fourth-order valence-electron chi connectivity index (χ4n) is 4.57.